The van der Waals surface area contributed by atoms with E-state index in [1.54, 1.807) is 35.1 Å². The van der Waals surface area contributed by atoms with Gasteiger partial charge in [0.15, 0.2) is 17.3 Å². The van der Waals surface area contributed by atoms with Crippen LogP contribution in [0.4, 0.5) is 5.82 Å². The third-order valence-electron chi connectivity index (χ3n) is 4.44. The molecule has 0 saturated carbocycles. The number of amides is 1. The van der Waals surface area contributed by atoms with Gasteiger partial charge in [-0.25, -0.2) is 0 Å². The van der Waals surface area contributed by atoms with E-state index in [1.807, 2.05) is 6.07 Å². The molecule has 1 N–H and O–H groups in total. The average molecular weight is 546 g/mol. The summed E-state index contributed by atoms with van der Waals surface area (Å²) in [6.07, 6.45) is 1.72. The standard InChI is InChI=1S/C22H14Cl5N3O3/c23-13-2-1-12(16(25)7-13)10-30-6-5-20(29-30)28-22(31)19-4-3-15(33-19)11-32-21-17(26)8-14(24)9-18(21)27/h1-9H,10-11H2,(H,28,29,31). The Kier molecular flexibility index (Phi) is 7.41. The van der Waals surface area contributed by atoms with Crippen LogP contribution < -0.4 is 10.1 Å². The van der Waals surface area contributed by atoms with Gasteiger partial charge in [-0.05, 0) is 42.0 Å². The molecular formula is C22H14Cl5N3O3. The monoisotopic (exact) mass is 543 g/mol. The number of hydrogen-bond acceptors (Lipinski definition) is 4. The lowest BCUT2D eigenvalue weighted by atomic mass is 10.2. The summed E-state index contributed by atoms with van der Waals surface area (Å²) in [5.41, 5.74) is 0.846. The second kappa shape index (κ2) is 10.3. The Bertz CT molecular complexity index is 1300. The number of anilines is 1. The number of nitrogens with zero attached hydrogens (tertiary/aromatic N) is 2. The molecule has 2 heterocycles. The molecule has 0 unspecified atom stereocenters. The minimum absolute atomic E-state index is 0.0187. The topological polar surface area (TPSA) is 69.3 Å². The van der Waals surface area contributed by atoms with Gasteiger partial charge in [0.2, 0.25) is 0 Å². The van der Waals surface area contributed by atoms with Crippen molar-refractivity contribution in [1.82, 2.24) is 9.78 Å². The predicted molar refractivity (Wildman–Crippen MR) is 130 cm³/mol. The molecule has 0 radical (unpaired) electrons. The van der Waals surface area contributed by atoms with Crippen LogP contribution in [0.2, 0.25) is 25.1 Å². The van der Waals surface area contributed by atoms with E-state index in [0.717, 1.165) is 5.56 Å². The van der Waals surface area contributed by atoms with Crippen LogP contribution in [-0.2, 0) is 13.2 Å². The quantitative estimate of drug-likeness (QED) is 0.259. The second-order valence-corrected chi connectivity index (χ2v) is 8.94. The predicted octanol–water partition coefficient (Wildman–Crippen LogP) is 7.62. The smallest absolute Gasteiger partial charge is 0.292 e. The number of ether oxygens (including phenoxy) is 1. The Morgan fingerprint density at radius 2 is 1.67 bits per heavy atom. The van der Waals surface area contributed by atoms with Crippen molar-refractivity contribution in [1.29, 1.82) is 0 Å². The zero-order valence-electron chi connectivity index (χ0n) is 16.6. The van der Waals surface area contributed by atoms with Crippen LogP contribution in [0.15, 0.2) is 59.1 Å². The first-order chi connectivity index (χ1) is 15.8. The number of benzene rings is 2. The second-order valence-electron chi connectivity index (χ2n) is 6.84. The molecule has 0 spiro atoms. The van der Waals surface area contributed by atoms with Crippen molar-refractivity contribution in [2.24, 2.45) is 0 Å². The number of furan rings is 1. The van der Waals surface area contributed by atoms with Gasteiger partial charge >= 0.3 is 0 Å². The number of carbonyl (C=O) groups is 1. The summed E-state index contributed by atoms with van der Waals surface area (Å²) in [6.45, 7) is 0.439. The van der Waals surface area contributed by atoms with E-state index in [9.17, 15) is 4.79 Å². The van der Waals surface area contributed by atoms with Gasteiger partial charge in [0.1, 0.15) is 12.4 Å². The lowest BCUT2D eigenvalue weighted by Gasteiger charge is -2.09. The van der Waals surface area contributed by atoms with Crippen LogP contribution in [-0.4, -0.2) is 15.7 Å². The number of rotatable bonds is 7. The van der Waals surface area contributed by atoms with Gasteiger partial charge in [-0.2, -0.15) is 5.10 Å². The van der Waals surface area contributed by atoms with E-state index in [-0.39, 0.29) is 28.2 Å². The van der Waals surface area contributed by atoms with Gasteiger partial charge in [-0.3, -0.25) is 9.48 Å². The van der Waals surface area contributed by atoms with Crippen molar-refractivity contribution < 1.29 is 13.9 Å². The van der Waals surface area contributed by atoms with E-state index < -0.39 is 5.91 Å². The number of nitrogens with one attached hydrogen (secondary N) is 1. The van der Waals surface area contributed by atoms with Crippen molar-refractivity contribution in [3.05, 3.63) is 96.9 Å². The number of aromatic nitrogens is 2. The van der Waals surface area contributed by atoms with Gasteiger partial charge in [-0.15, -0.1) is 0 Å². The van der Waals surface area contributed by atoms with Crippen LogP contribution >= 0.6 is 58.0 Å². The third-order valence-corrected chi connectivity index (χ3v) is 5.80. The van der Waals surface area contributed by atoms with Gasteiger partial charge in [0, 0.05) is 27.3 Å². The fourth-order valence-corrected chi connectivity index (χ4v) is 4.30. The van der Waals surface area contributed by atoms with Gasteiger partial charge in [0.05, 0.1) is 16.6 Å². The first-order valence-corrected chi connectivity index (χ1v) is 11.3. The highest BCUT2D eigenvalue weighted by atomic mass is 35.5. The molecule has 1 amide bonds. The van der Waals surface area contributed by atoms with E-state index in [0.29, 0.717) is 33.2 Å². The summed E-state index contributed by atoms with van der Waals surface area (Å²) in [4.78, 5) is 12.5. The first-order valence-electron chi connectivity index (χ1n) is 9.43. The van der Waals surface area contributed by atoms with Crippen molar-refractivity contribution in [2.75, 3.05) is 5.32 Å². The van der Waals surface area contributed by atoms with E-state index >= 15 is 0 Å². The highest BCUT2D eigenvalue weighted by Gasteiger charge is 2.15. The Labute approximate surface area is 213 Å². The molecule has 0 aliphatic heterocycles. The van der Waals surface area contributed by atoms with Crippen molar-refractivity contribution >= 4 is 69.7 Å². The van der Waals surface area contributed by atoms with Crippen molar-refractivity contribution in [3.8, 4) is 5.75 Å². The summed E-state index contributed by atoms with van der Waals surface area (Å²) in [6, 6.07) is 13.1. The summed E-state index contributed by atoms with van der Waals surface area (Å²) in [5.74, 6) is 0.677. The zero-order chi connectivity index (χ0) is 23.5. The highest BCUT2D eigenvalue weighted by molar-refractivity contribution is 6.40. The fourth-order valence-electron chi connectivity index (χ4n) is 2.91. The maximum atomic E-state index is 12.5. The van der Waals surface area contributed by atoms with Gasteiger partial charge in [-0.1, -0.05) is 64.1 Å². The Hall–Kier alpha value is -2.35. The molecule has 0 atom stereocenters. The minimum Gasteiger partial charge on any atom is -0.483 e. The van der Waals surface area contributed by atoms with Crippen molar-refractivity contribution in [2.45, 2.75) is 13.2 Å². The highest BCUT2D eigenvalue weighted by Crippen LogP contribution is 2.36. The van der Waals surface area contributed by atoms with Crippen LogP contribution in [0.3, 0.4) is 0 Å². The van der Waals surface area contributed by atoms with Crippen LogP contribution in [0.25, 0.3) is 0 Å². The van der Waals surface area contributed by atoms with Gasteiger partial charge < -0.3 is 14.5 Å². The molecule has 2 aromatic carbocycles. The molecule has 4 aromatic rings. The summed E-state index contributed by atoms with van der Waals surface area (Å²) < 4.78 is 12.8. The number of carbonyl (C=O) groups excluding carboxylic acids is 1. The molecule has 33 heavy (non-hydrogen) atoms. The molecule has 4 rings (SSSR count). The molecule has 0 saturated heterocycles. The number of halogens is 5. The maximum absolute atomic E-state index is 12.5. The lowest BCUT2D eigenvalue weighted by molar-refractivity contribution is 0.0992. The molecule has 0 bridgehead atoms. The summed E-state index contributed by atoms with van der Waals surface area (Å²) >= 11 is 30.2. The zero-order valence-corrected chi connectivity index (χ0v) is 20.4. The largest absolute Gasteiger partial charge is 0.483 e. The lowest BCUT2D eigenvalue weighted by Crippen LogP contribution is -2.12. The molecule has 6 nitrogen and oxygen atoms in total. The Morgan fingerprint density at radius 1 is 0.939 bits per heavy atom. The molecule has 0 aliphatic rings. The molecule has 2 aromatic heterocycles. The molecule has 0 aliphatic carbocycles. The SMILES string of the molecule is O=C(Nc1ccn(Cc2ccc(Cl)cc2Cl)n1)c1ccc(COc2c(Cl)cc(Cl)cc2Cl)o1. The first kappa shape index (κ1) is 23.8. The molecular weight excluding hydrogens is 532 g/mol. The van der Waals surface area contributed by atoms with Gasteiger partial charge in [0.25, 0.3) is 5.91 Å². The summed E-state index contributed by atoms with van der Waals surface area (Å²) in [7, 11) is 0. The number of hydrogen-bond donors (Lipinski definition) is 1. The van der Waals surface area contributed by atoms with Crippen LogP contribution in [0.5, 0.6) is 5.75 Å². The minimum atomic E-state index is -0.460. The molecule has 0 fully saturated rings. The maximum Gasteiger partial charge on any atom is 0.292 e. The van der Waals surface area contributed by atoms with E-state index in [1.165, 1.54) is 18.2 Å². The molecule has 170 valence electrons. The van der Waals surface area contributed by atoms with Crippen LogP contribution in [0.1, 0.15) is 21.9 Å². The Morgan fingerprint density at radius 3 is 2.39 bits per heavy atom. The van der Waals surface area contributed by atoms with Crippen LogP contribution in [0, 0.1) is 0 Å². The average Bonchev–Trinajstić information content (AvgIpc) is 3.39. The fraction of sp³-hybridized carbons (Fsp3) is 0.0909. The Balaban J connectivity index is 1.36. The normalized spacial score (nSPS) is 10.9. The third kappa shape index (κ3) is 5.96. The van der Waals surface area contributed by atoms with E-state index in [4.69, 9.17) is 67.2 Å². The van der Waals surface area contributed by atoms with E-state index in [2.05, 4.69) is 10.4 Å². The van der Waals surface area contributed by atoms with Crippen molar-refractivity contribution in [3.63, 3.8) is 0 Å². The molecule has 11 heteroatoms. The summed E-state index contributed by atoms with van der Waals surface area (Å²) in [5, 5.41) is 9.04.